The summed E-state index contributed by atoms with van der Waals surface area (Å²) in [5.41, 5.74) is 4.70. The minimum Gasteiger partial charge on any atom is -0.398 e. The standard InChI is InChI=1S/C6H6F2N2O2S/c7-3-1-5(9)6(2-4(3)8)13(10,11)12/h1-2H,9H2,(H2,10,11,12). The zero-order valence-corrected chi connectivity index (χ0v) is 7.11. The SMILES string of the molecule is Nc1cc(F)c(F)cc1S(N)(=O)=O. The Morgan fingerprint density at radius 1 is 1.15 bits per heavy atom. The first kappa shape index (κ1) is 9.87. The van der Waals surface area contributed by atoms with E-state index in [9.17, 15) is 17.2 Å². The Balaban J connectivity index is 3.50. The summed E-state index contributed by atoms with van der Waals surface area (Å²) < 4.78 is 46.4. The molecule has 0 fully saturated rings. The van der Waals surface area contributed by atoms with Gasteiger partial charge in [0.2, 0.25) is 10.0 Å². The molecule has 0 aliphatic heterocycles. The van der Waals surface area contributed by atoms with Crippen LogP contribution in [0, 0.1) is 11.6 Å². The minimum atomic E-state index is -4.10. The molecule has 0 aromatic heterocycles. The number of primary sulfonamides is 1. The molecule has 4 N–H and O–H groups in total. The van der Waals surface area contributed by atoms with E-state index in [1.54, 1.807) is 0 Å². The van der Waals surface area contributed by atoms with Crippen molar-refractivity contribution < 1.29 is 17.2 Å². The van der Waals surface area contributed by atoms with Gasteiger partial charge >= 0.3 is 0 Å². The van der Waals surface area contributed by atoms with Gasteiger partial charge in [0, 0.05) is 6.07 Å². The van der Waals surface area contributed by atoms with Crippen molar-refractivity contribution in [3.8, 4) is 0 Å². The molecule has 0 bridgehead atoms. The van der Waals surface area contributed by atoms with E-state index in [0.717, 1.165) is 0 Å². The van der Waals surface area contributed by atoms with Gasteiger partial charge in [0.25, 0.3) is 0 Å². The molecule has 72 valence electrons. The second-order valence-electron chi connectivity index (χ2n) is 2.35. The number of nitrogen functional groups attached to an aromatic ring is 1. The fraction of sp³-hybridized carbons (Fsp3) is 0. The van der Waals surface area contributed by atoms with Crippen LogP contribution in [0.3, 0.4) is 0 Å². The van der Waals surface area contributed by atoms with Gasteiger partial charge in [-0.15, -0.1) is 0 Å². The smallest absolute Gasteiger partial charge is 0.240 e. The van der Waals surface area contributed by atoms with Gasteiger partial charge in [-0.2, -0.15) is 0 Å². The number of benzene rings is 1. The molecule has 0 amide bonds. The first-order valence-electron chi connectivity index (χ1n) is 3.09. The van der Waals surface area contributed by atoms with Crippen LogP contribution in [0.5, 0.6) is 0 Å². The zero-order chi connectivity index (χ0) is 10.2. The van der Waals surface area contributed by atoms with Gasteiger partial charge in [-0.3, -0.25) is 0 Å². The molecule has 0 aliphatic carbocycles. The van der Waals surface area contributed by atoms with Crippen LogP contribution in [0.25, 0.3) is 0 Å². The molecule has 0 saturated heterocycles. The molecule has 1 aromatic rings. The molecule has 0 spiro atoms. The lowest BCUT2D eigenvalue weighted by Gasteiger charge is -2.02. The number of rotatable bonds is 1. The van der Waals surface area contributed by atoms with Crippen molar-refractivity contribution in [3.63, 3.8) is 0 Å². The summed E-state index contributed by atoms with van der Waals surface area (Å²) in [4.78, 5) is -0.619. The summed E-state index contributed by atoms with van der Waals surface area (Å²) in [7, 11) is -4.10. The van der Waals surface area contributed by atoms with Crippen molar-refractivity contribution in [3.05, 3.63) is 23.8 Å². The number of nitrogens with two attached hydrogens (primary N) is 2. The van der Waals surface area contributed by atoms with Gasteiger partial charge in [-0.25, -0.2) is 22.3 Å². The molecule has 13 heavy (non-hydrogen) atoms. The largest absolute Gasteiger partial charge is 0.398 e. The molecule has 4 nitrogen and oxygen atoms in total. The van der Waals surface area contributed by atoms with Gasteiger partial charge in [0.1, 0.15) is 4.90 Å². The van der Waals surface area contributed by atoms with Crippen molar-refractivity contribution in [2.45, 2.75) is 4.90 Å². The Kier molecular flexibility index (Phi) is 2.22. The predicted molar refractivity (Wildman–Crippen MR) is 42.1 cm³/mol. The van der Waals surface area contributed by atoms with Crippen LogP contribution in [-0.2, 0) is 10.0 Å². The summed E-state index contributed by atoms with van der Waals surface area (Å²) in [6.07, 6.45) is 0. The first-order valence-corrected chi connectivity index (χ1v) is 4.64. The maximum absolute atomic E-state index is 12.5. The molecule has 0 atom stereocenters. The number of hydrogen-bond acceptors (Lipinski definition) is 3. The van der Waals surface area contributed by atoms with Gasteiger partial charge in [-0.05, 0) is 6.07 Å². The van der Waals surface area contributed by atoms with E-state index >= 15 is 0 Å². The number of hydrogen-bond donors (Lipinski definition) is 2. The fourth-order valence-electron chi connectivity index (χ4n) is 0.790. The summed E-state index contributed by atoms with van der Waals surface area (Å²) in [6.45, 7) is 0. The summed E-state index contributed by atoms with van der Waals surface area (Å²) in [5.74, 6) is -2.52. The molecular formula is C6H6F2N2O2S. The third-order valence-corrected chi connectivity index (χ3v) is 2.33. The summed E-state index contributed by atoms with van der Waals surface area (Å²) >= 11 is 0. The monoisotopic (exact) mass is 208 g/mol. The maximum atomic E-state index is 12.5. The lowest BCUT2D eigenvalue weighted by atomic mass is 10.3. The van der Waals surface area contributed by atoms with E-state index in [0.29, 0.717) is 12.1 Å². The van der Waals surface area contributed by atoms with Gasteiger partial charge in [-0.1, -0.05) is 0 Å². The van der Waals surface area contributed by atoms with Crippen LogP contribution >= 0.6 is 0 Å². The molecule has 1 rings (SSSR count). The summed E-state index contributed by atoms with van der Waals surface area (Å²) in [6, 6.07) is 1.01. The van der Waals surface area contributed by atoms with Gasteiger partial charge in [0.05, 0.1) is 5.69 Å². The lowest BCUT2D eigenvalue weighted by molar-refractivity contribution is 0.505. The highest BCUT2D eigenvalue weighted by Gasteiger charge is 2.15. The highest BCUT2D eigenvalue weighted by Crippen LogP contribution is 2.20. The normalized spacial score (nSPS) is 11.6. The number of sulfonamides is 1. The topological polar surface area (TPSA) is 86.2 Å². The number of anilines is 1. The highest BCUT2D eigenvalue weighted by atomic mass is 32.2. The van der Waals surface area contributed by atoms with Crippen molar-refractivity contribution >= 4 is 15.7 Å². The third kappa shape index (κ3) is 1.93. The van der Waals surface area contributed by atoms with Gasteiger partial charge < -0.3 is 5.73 Å². The van der Waals surface area contributed by atoms with Crippen LogP contribution in [-0.4, -0.2) is 8.42 Å². The van der Waals surface area contributed by atoms with Gasteiger partial charge in [0.15, 0.2) is 11.6 Å². The van der Waals surface area contributed by atoms with Crippen LogP contribution in [0.2, 0.25) is 0 Å². The molecule has 7 heteroatoms. The van der Waals surface area contributed by atoms with Crippen LogP contribution in [0.4, 0.5) is 14.5 Å². The molecule has 0 unspecified atom stereocenters. The first-order chi connectivity index (χ1) is 5.82. The van der Waals surface area contributed by atoms with Crippen LogP contribution in [0.15, 0.2) is 17.0 Å². The molecule has 0 aliphatic rings. The molecular weight excluding hydrogens is 202 g/mol. The Morgan fingerprint density at radius 3 is 2.08 bits per heavy atom. The van der Waals surface area contributed by atoms with E-state index in [4.69, 9.17) is 5.73 Å². The predicted octanol–water partition coefficient (Wildman–Crippen LogP) is 0.194. The molecule has 0 radical (unpaired) electrons. The van der Waals surface area contributed by atoms with E-state index in [2.05, 4.69) is 5.14 Å². The third-order valence-electron chi connectivity index (χ3n) is 1.36. The minimum absolute atomic E-state index is 0.415. The van der Waals surface area contributed by atoms with Crippen molar-refractivity contribution in [2.75, 3.05) is 5.73 Å². The van der Waals surface area contributed by atoms with Crippen molar-refractivity contribution in [1.82, 2.24) is 0 Å². The van der Waals surface area contributed by atoms with Crippen LogP contribution < -0.4 is 10.9 Å². The molecule has 1 aromatic carbocycles. The average Bonchev–Trinajstić information content (AvgIpc) is 1.94. The van der Waals surface area contributed by atoms with E-state index < -0.39 is 32.2 Å². The summed E-state index contributed by atoms with van der Waals surface area (Å²) in [5, 5.41) is 4.68. The second kappa shape index (κ2) is 2.93. The molecule has 0 saturated carbocycles. The van der Waals surface area contributed by atoms with Crippen molar-refractivity contribution in [2.24, 2.45) is 5.14 Å². The van der Waals surface area contributed by atoms with Crippen LogP contribution in [0.1, 0.15) is 0 Å². The fourth-order valence-corrected chi connectivity index (χ4v) is 1.45. The average molecular weight is 208 g/mol. The Labute approximate surface area is 73.2 Å². The molecule has 0 heterocycles. The lowest BCUT2D eigenvalue weighted by Crippen LogP contribution is -2.15. The highest BCUT2D eigenvalue weighted by molar-refractivity contribution is 7.89. The maximum Gasteiger partial charge on any atom is 0.240 e. The Bertz CT molecular complexity index is 444. The Hall–Kier alpha value is -1.21. The van der Waals surface area contributed by atoms with E-state index in [1.165, 1.54) is 0 Å². The van der Waals surface area contributed by atoms with E-state index in [-0.39, 0.29) is 0 Å². The van der Waals surface area contributed by atoms with E-state index in [1.807, 2.05) is 0 Å². The Morgan fingerprint density at radius 2 is 1.62 bits per heavy atom. The number of halogens is 2. The zero-order valence-electron chi connectivity index (χ0n) is 6.29. The quantitative estimate of drug-likeness (QED) is 0.646. The van der Waals surface area contributed by atoms with Crippen molar-refractivity contribution in [1.29, 1.82) is 0 Å². The second-order valence-corrected chi connectivity index (χ2v) is 3.88.